The van der Waals surface area contributed by atoms with Crippen molar-refractivity contribution < 1.29 is 4.79 Å². The fraction of sp³-hybridized carbons (Fsp3) is 0.188. The predicted octanol–water partition coefficient (Wildman–Crippen LogP) is 4.16. The normalized spacial score (nSPS) is 10.5. The van der Waals surface area contributed by atoms with Crippen molar-refractivity contribution in [1.82, 2.24) is 4.90 Å². The van der Waals surface area contributed by atoms with Crippen LogP contribution in [0.4, 0.5) is 5.69 Å². The molecule has 0 aliphatic heterocycles. The monoisotopic (exact) mass is 322 g/mol. The first kappa shape index (κ1) is 15.7. The lowest BCUT2D eigenvalue weighted by molar-refractivity contribution is 0.0784. The molecule has 5 heteroatoms. The van der Waals surface area contributed by atoms with Gasteiger partial charge in [-0.15, -0.1) is 0 Å². The molecule has 1 amide bonds. The van der Waals surface area contributed by atoms with Crippen LogP contribution in [0, 0.1) is 6.92 Å². The van der Waals surface area contributed by atoms with Crippen molar-refractivity contribution in [2.75, 3.05) is 12.8 Å². The van der Waals surface area contributed by atoms with E-state index in [9.17, 15) is 4.79 Å². The van der Waals surface area contributed by atoms with Gasteiger partial charge in [-0.2, -0.15) is 0 Å². The van der Waals surface area contributed by atoms with Crippen molar-refractivity contribution in [3.05, 3.63) is 63.1 Å². The molecule has 0 radical (unpaired) electrons. The van der Waals surface area contributed by atoms with E-state index in [2.05, 4.69) is 0 Å². The molecule has 0 bridgehead atoms. The molecule has 21 heavy (non-hydrogen) atoms. The Hall–Kier alpha value is -1.71. The first-order chi connectivity index (χ1) is 9.90. The molecule has 2 aromatic carbocycles. The lowest BCUT2D eigenvalue weighted by Crippen LogP contribution is -2.27. The second kappa shape index (κ2) is 6.37. The summed E-state index contributed by atoms with van der Waals surface area (Å²) in [5, 5.41) is 1.12. The number of benzene rings is 2. The molecule has 0 spiro atoms. The number of hydrogen-bond donors (Lipinski definition) is 1. The van der Waals surface area contributed by atoms with Crippen LogP contribution < -0.4 is 5.73 Å². The van der Waals surface area contributed by atoms with E-state index in [4.69, 9.17) is 28.9 Å². The maximum absolute atomic E-state index is 12.5. The van der Waals surface area contributed by atoms with E-state index >= 15 is 0 Å². The molecule has 0 saturated carbocycles. The summed E-state index contributed by atoms with van der Waals surface area (Å²) >= 11 is 12.0. The van der Waals surface area contributed by atoms with Gasteiger partial charge >= 0.3 is 0 Å². The van der Waals surface area contributed by atoms with Gasteiger partial charge in [0.05, 0.1) is 0 Å². The average Bonchev–Trinajstić information content (AvgIpc) is 2.44. The Kier molecular flexibility index (Phi) is 4.76. The molecule has 0 fully saturated rings. The van der Waals surface area contributed by atoms with Crippen LogP contribution in [0.1, 0.15) is 21.5 Å². The lowest BCUT2D eigenvalue weighted by Gasteiger charge is -2.19. The largest absolute Gasteiger partial charge is 0.398 e. The SMILES string of the molecule is Cc1c(N)cccc1C(=O)N(C)Cc1ccc(Cl)cc1Cl. The molecule has 0 aliphatic carbocycles. The Labute approximate surface area is 134 Å². The third-order valence-corrected chi connectivity index (χ3v) is 3.96. The van der Waals surface area contributed by atoms with Crippen molar-refractivity contribution >= 4 is 34.8 Å². The zero-order valence-corrected chi connectivity index (χ0v) is 13.4. The van der Waals surface area contributed by atoms with Crippen LogP contribution in [0.3, 0.4) is 0 Å². The standard InChI is InChI=1S/C16H16Cl2N2O/c1-10-13(4-3-5-15(10)19)16(21)20(2)9-11-6-7-12(17)8-14(11)18/h3-8H,9,19H2,1-2H3. The summed E-state index contributed by atoms with van der Waals surface area (Å²) in [7, 11) is 1.73. The Bertz CT molecular complexity index is 686. The van der Waals surface area contributed by atoms with E-state index in [0.717, 1.165) is 11.1 Å². The molecule has 3 nitrogen and oxygen atoms in total. The van der Waals surface area contributed by atoms with Crippen molar-refractivity contribution in [3.63, 3.8) is 0 Å². The molecule has 0 aliphatic rings. The van der Waals surface area contributed by atoms with Crippen molar-refractivity contribution in [2.24, 2.45) is 0 Å². The number of amides is 1. The average molecular weight is 323 g/mol. The number of nitrogens with two attached hydrogens (primary N) is 1. The Balaban J connectivity index is 2.21. The van der Waals surface area contributed by atoms with Crippen LogP contribution in [-0.4, -0.2) is 17.9 Å². The summed E-state index contributed by atoms with van der Waals surface area (Å²) in [4.78, 5) is 14.1. The van der Waals surface area contributed by atoms with Crippen LogP contribution in [0.2, 0.25) is 10.0 Å². The minimum Gasteiger partial charge on any atom is -0.398 e. The van der Waals surface area contributed by atoms with Crippen molar-refractivity contribution in [3.8, 4) is 0 Å². The van der Waals surface area contributed by atoms with E-state index in [1.165, 1.54) is 0 Å². The second-order valence-corrected chi connectivity index (χ2v) is 5.76. The van der Waals surface area contributed by atoms with Crippen LogP contribution in [0.25, 0.3) is 0 Å². The Morgan fingerprint density at radius 2 is 1.95 bits per heavy atom. The van der Waals surface area contributed by atoms with Crippen LogP contribution in [-0.2, 0) is 6.54 Å². The van der Waals surface area contributed by atoms with E-state index in [1.807, 2.05) is 13.0 Å². The lowest BCUT2D eigenvalue weighted by atomic mass is 10.1. The van der Waals surface area contributed by atoms with Crippen molar-refractivity contribution in [2.45, 2.75) is 13.5 Å². The number of halogens is 2. The fourth-order valence-corrected chi connectivity index (χ4v) is 2.54. The summed E-state index contributed by atoms with van der Waals surface area (Å²) in [5.41, 5.74) is 8.69. The summed E-state index contributed by atoms with van der Waals surface area (Å²) in [6.07, 6.45) is 0. The Morgan fingerprint density at radius 1 is 1.24 bits per heavy atom. The van der Waals surface area contributed by atoms with Crippen LogP contribution >= 0.6 is 23.2 Å². The van der Waals surface area contributed by atoms with Gasteiger partial charge in [-0.1, -0.05) is 35.3 Å². The minimum atomic E-state index is -0.0918. The smallest absolute Gasteiger partial charge is 0.254 e. The number of nitrogen functional groups attached to an aromatic ring is 1. The maximum Gasteiger partial charge on any atom is 0.254 e. The maximum atomic E-state index is 12.5. The highest BCUT2D eigenvalue weighted by Gasteiger charge is 2.16. The van der Waals surface area contributed by atoms with Gasteiger partial charge in [0, 0.05) is 34.9 Å². The van der Waals surface area contributed by atoms with E-state index in [1.54, 1.807) is 42.3 Å². The molecular formula is C16H16Cl2N2O. The first-order valence-corrected chi connectivity index (χ1v) is 7.20. The van der Waals surface area contributed by atoms with E-state index in [0.29, 0.717) is 27.8 Å². The van der Waals surface area contributed by atoms with Gasteiger partial charge in [0.15, 0.2) is 0 Å². The number of rotatable bonds is 3. The fourth-order valence-electron chi connectivity index (χ4n) is 2.07. The second-order valence-electron chi connectivity index (χ2n) is 4.92. The molecule has 0 aromatic heterocycles. The topological polar surface area (TPSA) is 46.3 Å². The molecule has 0 atom stereocenters. The summed E-state index contributed by atoms with van der Waals surface area (Å²) in [6, 6.07) is 10.6. The van der Waals surface area contributed by atoms with Gasteiger partial charge in [0.1, 0.15) is 0 Å². The van der Waals surface area contributed by atoms with E-state index < -0.39 is 0 Å². The van der Waals surface area contributed by atoms with Crippen LogP contribution in [0.5, 0.6) is 0 Å². The number of carbonyl (C=O) groups excluding carboxylic acids is 1. The van der Waals surface area contributed by atoms with Gasteiger partial charge in [-0.25, -0.2) is 0 Å². The highest BCUT2D eigenvalue weighted by Crippen LogP contribution is 2.23. The first-order valence-electron chi connectivity index (χ1n) is 6.44. The summed E-state index contributed by atoms with van der Waals surface area (Å²) in [5.74, 6) is -0.0918. The summed E-state index contributed by atoms with van der Waals surface area (Å²) < 4.78 is 0. The number of anilines is 1. The van der Waals surface area contributed by atoms with Gasteiger partial charge < -0.3 is 10.6 Å². The van der Waals surface area contributed by atoms with E-state index in [-0.39, 0.29) is 5.91 Å². The molecule has 2 aromatic rings. The third kappa shape index (κ3) is 3.49. The van der Waals surface area contributed by atoms with Gasteiger partial charge in [0.2, 0.25) is 0 Å². The number of hydrogen-bond acceptors (Lipinski definition) is 2. The van der Waals surface area contributed by atoms with Gasteiger partial charge in [0.25, 0.3) is 5.91 Å². The predicted molar refractivity (Wildman–Crippen MR) is 87.9 cm³/mol. The molecule has 2 rings (SSSR count). The highest BCUT2D eigenvalue weighted by atomic mass is 35.5. The zero-order chi connectivity index (χ0) is 15.6. The van der Waals surface area contributed by atoms with Gasteiger partial charge in [-0.3, -0.25) is 4.79 Å². The molecular weight excluding hydrogens is 307 g/mol. The minimum absolute atomic E-state index is 0.0918. The van der Waals surface area contributed by atoms with Crippen molar-refractivity contribution in [1.29, 1.82) is 0 Å². The third-order valence-electron chi connectivity index (χ3n) is 3.38. The van der Waals surface area contributed by atoms with Crippen LogP contribution in [0.15, 0.2) is 36.4 Å². The molecule has 0 unspecified atom stereocenters. The molecule has 0 heterocycles. The zero-order valence-electron chi connectivity index (χ0n) is 11.9. The molecule has 2 N–H and O–H groups in total. The highest BCUT2D eigenvalue weighted by molar-refractivity contribution is 6.35. The van der Waals surface area contributed by atoms with Gasteiger partial charge in [-0.05, 0) is 42.3 Å². The number of nitrogens with zero attached hydrogens (tertiary/aromatic N) is 1. The quantitative estimate of drug-likeness (QED) is 0.862. The molecule has 110 valence electrons. The summed E-state index contributed by atoms with van der Waals surface area (Å²) in [6.45, 7) is 2.24. The number of carbonyl (C=O) groups is 1. The molecule has 0 saturated heterocycles. The Morgan fingerprint density at radius 3 is 2.62 bits per heavy atom.